The third kappa shape index (κ3) is 4.48. The van der Waals surface area contributed by atoms with Gasteiger partial charge >= 0.3 is 0 Å². The van der Waals surface area contributed by atoms with Crippen LogP contribution in [0.25, 0.3) is 0 Å². The Balaban J connectivity index is 2.77. The van der Waals surface area contributed by atoms with Crippen LogP contribution in [0.3, 0.4) is 0 Å². The third-order valence-electron chi connectivity index (χ3n) is 3.35. The second-order valence-corrected chi connectivity index (χ2v) is 4.95. The van der Waals surface area contributed by atoms with Crippen LogP contribution in [0.4, 0.5) is 4.39 Å². The van der Waals surface area contributed by atoms with Crippen molar-refractivity contribution in [3.8, 4) is 5.75 Å². The second kappa shape index (κ2) is 7.46. The van der Waals surface area contributed by atoms with Crippen LogP contribution < -0.4 is 4.74 Å². The fraction of sp³-hybridized carbons (Fsp3) is 0.600. The van der Waals surface area contributed by atoms with E-state index < -0.39 is 12.2 Å². The van der Waals surface area contributed by atoms with E-state index in [1.807, 2.05) is 13.8 Å². The quantitative estimate of drug-likeness (QED) is 0.801. The van der Waals surface area contributed by atoms with Gasteiger partial charge in [0.2, 0.25) is 0 Å². The molecule has 0 amide bonds. The van der Waals surface area contributed by atoms with Crippen molar-refractivity contribution in [1.29, 1.82) is 0 Å². The van der Waals surface area contributed by atoms with Crippen LogP contribution in [-0.2, 0) is 0 Å². The summed E-state index contributed by atoms with van der Waals surface area (Å²) in [6.45, 7) is 3.84. The van der Waals surface area contributed by atoms with Crippen LogP contribution >= 0.6 is 0 Å². The van der Waals surface area contributed by atoms with Gasteiger partial charge in [-0.2, -0.15) is 0 Å². The molecule has 0 aliphatic rings. The molecule has 0 aromatic heterocycles. The van der Waals surface area contributed by atoms with Crippen molar-refractivity contribution >= 4 is 0 Å². The molecule has 3 nitrogen and oxygen atoms in total. The van der Waals surface area contributed by atoms with Crippen LogP contribution in [0.5, 0.6) is 5.75 Å². The zero-order chi connectivity index (χ0) is 14.4. The van der Waals surface area contributed by atoms with E-state index in [1.54, 1.807) is 6.07 Å². The predicted molar refractivity (Wildman–Crippen MR) is 72.9 cm³/mol. The SMILES string of the molecule is CCCC(O)C(O)CC(C)c1cc(F)ccc1OC. The number of methoxy groups -OCH3 is 1. The lowest BCUT2D eigenvalue weighted by Gasteiger charge is -2.22. The number of ether oxygens (including phenoxy) is 1. The molecular weight excluding hydrogens is 247 g/mol. The Morgan fingerprint density at radius 3 is 2.53 bits per heavy atom. The molecule has 0 radical (unpaired) electrons. The van der Waals surface area contributed by atoms with Gasteiger partial charge in [-0.25, -0.2) is 4.39 Å². The second-order valence-electron chi connectivity index (χ2n) is 4.95. The molecule has 0 bridgehead atoms. The first-order valence-corrected chi connectivity index (χ1v) is 6.69. The Morgan fingerprint density at radius 2 is 1.95 bits per heavy atom. The molecule has 3 atom stereocenters. The molecule has 0 aliphatic heterocycles. The summed E-state index contributed by atoms with van der Waals surface area (Å²) in [7, 11) is 1.53. The highest BCUT2D eigenvalue weighted by molar-refractivity contribution is 5.36. The summed E-state index contributed by atoms with van der Waals surface area (Å²) < 4.78 is 18.5. The number of aliphatic hydroxyl groups excluding tert-OH is 2. The maximum Gasteiger partial charge on any atom is 0.123 e. The van der Waals surface area contributed by atoms with E-state index in [0.29, 0.717) is 24.2 Å². The monoisotopic (exact) mass is 270 g/mol. The standard InChI is InChI=1S/C15H23FO3/c1-4-5-13(17)14(18)8-10(2)12-9-11(16)6-7-15(12)19-3/h6-7,9-10,13-14,17-18H,4-5,8H2,1-3H3. The van der Waals surface area contributed by atoms with Crippen molar-refractivity contribution in [1.82, 2.24) is 0 Å². The van der Waals surface area contributed by atoms with Crippen LogP contribution in [0.15, 0.2) is 18.2 Å². The lowest BCUT2D eigenvalue weighted by Crippen LogP contribution is -2.27. The van der Waals surface area contributed by atoms with Gasteiger partial charge in [-0.05, 0) is 42.5 Å². The topological polar surface area (TPSA) is 49.7 Å². The summed E-state index contributed by atoms with van der Waals surface area (Å²) in [6, 6.07) is 4.34. The predicted octanol–water partition coefficient (Wildman–Crippen LogP) is 2.85. The molecule has 0 spiro atoms. The molecule has 0 fully saturated rings. The molecule has 0 saturated carbocycles. The molecule has 1 rings (SSSR count). The minimum atomic E-state index is -0.803. The lowest BCUT2D eigenvalue weighted by molar-refractivity contribution is 0.00627. The minimum Gasteiger partial charge on any atom is -0.496 e. The van der Waals surface area contributed by atoms with Crippen LogP contribution in [0, 0.1) is 5.82 Å². The molecule has 19 heavy (non-hydrogen) atoms. The summed E-state index contributed by atoms with van der Waals surface area (Å²) in [6.07, 6.45) is 0.223. The number of aliphatic hydroxyl groups is 2. The van der Waals surface area contributed by atoms with E-state index >= 15 is 0 Å². The summed E-state index contributed by atoms with van der Waals surface area (Å²) in [5.74, 6) is 0.185. The van der Waals surface area contributed by atoms with Crippen LogP contribution in [0.1, 0.15) is 44.6 Å². The third-order valence-corrected chi connectivity index (χ3v) is 3.35. The number of hydrogen-bond acceptors (Lipinski definition) is 3. The maximum atomic E-state index is 13.3. The van der Waals surface area contributed by atoms with Gasteiger partial charge in [-0.1, -0.05) is 20.3 Å². The average molecular weight is 270 g/mol. The number of rotatable bonds is 7. The highest BCUT2D eigenvalue weighted by atomic mass is 19.1. The van der Waals surface area contributed by atoms with Crippen molar-refractivity contribution < 1.29 is 19.3 Å². The Bertz CT molecular complexity index is 395. The average Bonchev–Trinajstić information content (AvgIpc) is 2.38. The molecule has 4 heteroatoms. The number of halogens is 1. The fourth-order valence-corrected chi connectivity index (χ4v) is 2.22. The lowest BCUT2D eigenvalue weighted by atomic mass is 9.91. The molecule has 0 saturated heterocycles. The van der Waals surface area contributed by atoms with Crippen molar-refractivity contribution in [2.24, 2.45) is 0 Å². The van der Waals surface area contributed by atoms with Crippen molar-refractivity contribution in [3.63, 3.8) is 0 Å². The normalized spacial score (nSPS) is 15.9. The van der Waals surface area contributed by atoms with E-state index in [-0.39, 0.29) is 11.7 Å². The molecular formula is C15H23FO3. The molecule has 2 N–H and O–H groups in total. The first kappa shape index (κ1) is 15.9. The smallest absolute Gasteiger partial charge is 0.123 e. The van der Waals surface area contributed by atoms with Gasteiger partial charge in [0.25, 0.3) is 0 Å². The molecule has 3 unspecified atom stereocenters. The van der Waals surface area contributed by atoms with Gasteiger partial charge in [-0.3, -0.25) is 0 Å². The van der Waals surface area contributed by atoms with Gasteiger partial charge in [-0.15, -0.1) is 0 Å². The molecule has 1 aromatic rings. The summed E-state index contributed by atoms with van der Waals surface area (Å²) >= 11 is 0. The molecule has 0 aliphatic carbocycles. The van der Waals surface area contributed by atoms with E-state index in [1.165, 1.54) is 19.2 Å². The summed E-state index contributed by atoms with van der Waals surface area (Å²) in [5.41, 5.74) is 0.713. The van der Waals surface area contributed by atoms with E-state index in [0.717, 1.165) is 6.42 Å². The highest BCUT2D eigenvalue weighted by Crippen LogP contribution is 2.31. The Hall–Kier alpha value is -1.13. The molecule has 0 heterocycles. The van der Waals surface area contributed by atoms with Crippen molar-refractivity contribution in [3.05, 3.63) is 29.6 Å². The van der Waals surface area contributed by atoms with Gasteiger partial charge in [0.1, 0.15) is 11.6 Å². The fourth-order valence-electron chi connectivity index (χ4n) is 2.22. The Morgan fingerprint density at radius 1 is 1.26 bits per heavy atom. The largest absolute Gasteiger partial charge is 0.496 e. The first-order chi connectivity index (χ1) is 8.99. The first-order valence-electron chi connectivity index (χ1n) is 6.69. The van der Waals surface area contributed by atoms with Gasteiger partial charge in [0.05, 0.1) is 19.3 Å². The maximum absolute atomic E-state index is 13.3. The van der Waals surface area contributed by atoms with Crippen molar-refractivity contribution in [2.75, 3.05) is 7.11 Å². The van der Waals surface area contributed by atoms with Gasteiger partial charge < -0.3 is 14.9 Å². The Labute approximate surface area is 114 Å². The summed E-state index contributed by atoms with van der Waals surface area (Å²) in [5, 5.41) is 19.7. The van der Waals surface area contributed by atoms with E-state index in [9.17, 15) is 14.6 Å². The van der Waals surface area contributed by atoms with Crippen molar-refractivity contribution in [2.45, 2.75) is 51.2 Å². The molecule has 108 valence electrons. The molecule has 1 aromatic carbocycles. The zero-order valence-electron chi connectivity index (χ0n) is 11.8. The summed E-state index contributed by atoms with van der Waals surface area (Å²) in [4.78, 5) is 0. The van der Waals surface area contributed by atoms with Crippen LogP contribution in [-0.4, -0.2) is 29.5 Å². The van der Waals surface area contributed by atoms with Gasteiger partial charge in [0.15, 0.2) is 0 Å². The zero-order valence-corrected chi connectivity index (χ0v) is 11.8. The minimum absolute atomic E-state index is 0.0906. The highest BCUT2D eigenvalue weighted by Gasteiger charge is 2.21. The van der Waals surface area contributed by atoms with E-state index in [2.05, 4.69) is 0 Å². The van der Waals surface area contributed by atoms with E-state index in [4.69, 9.17) is 4.74 Å². The van der Waals surface area contributed by atoms with Crippen LogP contribution in [0.2, 0.25) is 0 Å². The number of hydrogen-bond donors (Lipinski definition) is 2. The number of benzene rings is 1. The van der Waals surface area contributed by atoms with Gasteiger partial charge in [0, 0.05) is 0 Å². The Kier molecular flexibility index (Phi) is 6.25.